The third-order valence-corrected chi connectivity index (χ3v) is 2.22. The van der Waals surface area contributed by atoms with Crippen LogP contribution >= 0.6 is 15.9 Å². The summed E-state index contributed by atoms with van der Waals surface area (Å²) in [5, 5.41) is 3.43. The van der Waals surface area contributed by atoms with E-state index in [9.17, 15) is 13.2 Å². The minimum Gasteiger partial charge on any atom is -0.324 e. The van der Waals surface area contributed by atoms with Crippen molar-refractivity contribution in [2.24, 2.45) is 5.73 Å². The van der Waals surface area contributed by atoms with Crippen LogP contribution in [0.3, 0.4) is 0 Å². The van der Waals surface area contributed by atoms with Crippen LogP contribution < -0.4 is 5.73 Å². The van der Waals surface area contributed by atoms with E-state index in [-0.39, 0.29) is 11.1 Å². The summed E-state index contributed by atoms with van der Waals surface area (Å²) in [6, 6.07) is 0.936. The molecule has 86 valence electrons. The quantitative estimate of drug-likeness (QED) is 0.907. The van der Waals surface area contributed by atoms with Gasteiger partial charge in [-0.3, -0.25) is 4.68 Å². The molecule has 1 rings (SSSR count). The van der Waals surface area contributed by atoms with Crippen LogP contribution in [0.1, 0.15) is 19.5 Å². The Hall–Kier alpha value is -0.560. The first-order valence-electron chi connectivity index (χ1n) is 4.19. The van der Waals surface area contributed by atoms with E-state index in [1.54, 1.807) is 13.8 Å². The molecule has 0 saturated heterocycles. The third-order valence-electron chi connectivity index (χ3n) is 1.58. The zero-order valence-corrected chi connectivity index (χ0v) is 9.85. The minimum atomic E-state index is -4.42. The molecule has 0 atom stereocenters. The van der Waals surface area contributed by atoms with Crippen molar-refractivity contribution in [1.82, 2.24) is 9.78 Å². The standard InChI is InChI=1S/C8H11BrF3N3/c1-7(2,13)4-15-6(9)3-5(14-15)8(10,11)12/h3H,4,13H2,1-2H3. The Labute approximate surface area is 93.6 Å². The fourth-order valence-electron chi connectivity index (χ4n) is 1.03. The number of hydrogen-bond donors (Lipinski definition) is 1. The fourth-order valence-corrected chi connectivity index (χ4v) is 1.45. The normalized spacial score (nSPS) is 13.3. The van der Waals surface area contributed by atoms with E-state index < -0.39 is 17.4 Å². The van der Waals surface area contributed by atoms with Gasteiger partial charge in [-0.2, -0.15) is 18.3 Å². The SMILES string of the molecule is CC(C)(N)Cn1nc(C(F)(F)F)cc1Br. The molecular weight excluding hydrogens is 275 g/mol. The lowest BCUT2D eigenvalue weighted by atomic mass is 10.1. The van der Waals surface area contributed by atoms with E-state index in [4.69, 9.17) is 5.73 Å². The number of rotatable bonds is 2. The summed E-state index contributed by atoms with van der Waals surface area (Å²) >= 11 is 3.01. The van der Waals surface area contributed by atoms with Crippen LogP contribution in [-0.2, 0) is 12.7 Å². The lowest BCUT2D eigenvalue weighted by molar-refractivity contribution is -0.141. The van der Waals surface area contributed by atoms with Crippen molar-refractivity contribution < 1.29 is 13.2 Å². The number of nitrogens with zero attached hydrogens (tertiary/aromatic N) is 2. The second-order valence-corrected chi connectivity index (χ2v) is 4.81. The molecule has 15 heavy (non-hydrogen) atoms. The number of aromatic nitrogens is 2. The summed E-state index contributed by atoms with van der Waals surface area (Å²) < 4.78 is 38.3. The van der Waals surface area contributed by atoms with Crippen molar-refractivity contribution in [3.63, 3.8) is 0 Å². The number of alkyl halides is 3. The molecule has 0 saturated carbocycles. The highest BCUT2D eigenvalue weighted by atomic mass is 79.9. The number of hydrogen-bond acceptors (Lipinski definition) is 2. The van der Waals surface area contributed by atoms with Gasteiger partial charge in [-0.05, 0) is 29.8 Å². The molecule has 0 spiro atoms. The molecule has 0 aromatic carbocycles. The lowest BCUT2D eigenvalue weighted by Crippen LogP contribution is -2.37. The molecule has 2 N–H and O–H groups in total. The predicted molar refractivity (Wildman–Crippen MR) is 53.2 cm³/mol. The van der Waals surface area contributed by atoms with E-state index >= 15 is 0 Å². The Balaban J connectivity index is 2.97. The van der Waals surface area contributed by atoms with Crippen LogP contribution in [0.4, 0.5) is 13.2 Å². The first-order chi connectivity index (χ1) is 6.59. The Morgan fingerprint density at radius 1 is 1.47 bits per heavy atom. The molecule has 1 heterocycles. The summed E-state index contributed by atoms with van der Waals surface area (Å²) in [6.07, 6.45) is -4.42. The van der Waals surface area contributed by atoms with Crippen molar-refractivity contribution in [2.45, 2.75) is 32.1 Å². The maximum Gasteiger partial charge on any atom is 0.435 e. The molecule has 1 aromatic rings. The maximum atomic E-state index is 12.3. The smallest absolute Gasteiger partial charge is 0.324 e. The molecule has 0 bridgehead atoms. The second-order valence-electron chi connectivity index (χ2n) is 4.00. The topological polar surface area (TPSA) is 43.8 Å². The molecule has 0 aliphatic rings. The van der Waals surface area contributed by atoms with E-state index in [2.05, 4.69) is 21.0 Å². The molecule has 1 aromatic heterocycles. The van der Waals surface area contributed by atoms with Gasteiger partial charge in [0, 0.05) is 11.6 Å². The van der Waals surface area contributed by atoms with Crippen LogP contribution in [0, 0.1) is 0 Å². The summed E-state index contributed by atoms with van der Waals surface area (Å²) in [7, 11) is 0. The van der Waals surface area contributed by atoms with Gasteiger partial charge >= 0.3 is 6.18 Å². The summed E-state index contributed by atoms with van der Waals surface area (Å²) in [5.74, 6) is 0. The first kappa shape index (κ1) is 12.5. The predicted octanol–water partition coefficient (Wildman–Crippen LogP) is 2.40. The van der Waals surface area contributed by atoms with Crippen LogP contribution in [0.25, 0.3) is 0 Å². The van der Waals surface area contributed by atoms with Gasteiger partial charge in [0.15, 0.2) is 5.69 Å². The molecular formula is C8H11BrF3N3. The number of halogens is 4. The average Bonchev–Trinajstić information content (AvgIpc) is 2.27. The Morgan fingerprint density at radius 2 is 2.00 bits per heavy atom. The summed E-state index contributed by atoms with van der Waals surface area (Å²) in [6.45, 7) is 3.65. The molecule has 0 amide bonds. The fraction of sp³-hybridized carbons (Fsp3) is 0.625. The summed E-state index contributed by atoms with van der Waals surface area (Å²) in [4.78, 5) is 0. The average molecular weight is 286 g/mol. The van der Waals surface area contributed by atoms with E-state index in [1.165, 1.54) is 4.68 Å². The van der Waals surface area contributed by atoms with Crippen LogP contribution in [0.2, 0.25) is 0 Å². The molecule has 7 heteroatoms. The molecule has 0 aliphatic heterocycles. The highest BCUT2D eigenvalue weighted by Gasteiger charge is 2.35. The van der Waals surface area contributed by atoms with E-state index in [0.717, 1.165) is 6.07 Å². The third kappa shape index (κ3) is 3.49. The largest absolute Gasteiger partial charge is 0.435 e. The van der Waals surface area contributed by atoms with Gasteiger partial charge in [-0.1, -0.05) is 0 Å². The Kier molecular flexibility index (Phi) is 3.16. The van der Waals surface area contributed by atoms with Crippen molar-refractivity contribution in [2.75, 3.05) is 0 Å². The van der Waals surface area contributed by atoms with Gasteiger partial charge in [0.2, 0.25) is 0 Å². The molecule has 0 aliphatic carbocycles. The summed E-state index contributed by atoms with van der Waals surface area (Å²) in [5.41, 5.74) is 4.16. The molecule has 0 radical (unpaired) electrons. The zero-order chi connectivity index (χ0) is 11.9. The highest BCUT2D eigenvalue weighted by molar-refractivity contribution is 9.10. The van der Waals surface area contributed by atoms with Gasteiger partial charge in [0.1, 0.15) is 4.60 Å². The lowest BCUT2D eigenvalue weighted by Gasteiger charge is -2.18. The molecule has 3 nitrogen and oxygen atoms in total. The van der Waals surface area contributed by atoms with Crippen LogP contribution in [0.5, 0.6) is 0 Å². The van der Waals surface area contributed by atoms with Gasteiger partial charge < -0.3 is 5.73 Å². The van der Waals surface area contributed by atoms with Crippen molar-refractivity contribution in [3.8, 4) is 0 Å². The molecule has 0 fully saturated rings. The van der Waals surface area contributed by atoms with Crippen molar-refractivity contribution in [3.05, 3.63) is 16.4 Å². The monoisotopic (exact) mass is 285 g/mol. The van der Waals surface area contributed by atoms with Gasteiger partial charge in [-0.15, -0.1) is 0 Å². The zero-order valence-electron chi connectivity index (χ0n) is 8.27. The minimum absolute atomic E-state index is 0.212. The van der Waals surface area contributed by atoms with Crippen molar-refractivity contribution in [1.29, 1.82) is 0 Å². The Bertz CT molecular complexity index is 351. The Morgan fingerprint density at radius 3 is 2.33 bits per heavy atom. The van der Waals surface area contributed by atoms with E-state index in [0.29, 0.717) is 0 Å². The van der Waals surface area contributed by atoms with Gasteiger partial charge in [0.25, 0.3) is 0 Å². The maximum absolute atomic E-state index is 12.3. The highest BCUT2D eigenvalue weighted by Crippen LogP contribution is 2.30. The first-order valence-corrected chi connectivity index (χ1v) is 4.98. The van der Waals surface area contributed by atoms with Gasteiger partial charge in [-0.25, -0.2) is 0 Å². The molecule has 0 unspecified atom stereocenters. The van der Waals surface area contributed by atoms with Gasteiger partial charge in [0.05, 0.1) is 6.54 Å². The van der Waals surface area contributed by atoms with E-state index in [1.807, 2.05) is 0 Å². The van der Waals surface area contributed by atoms with Crippen molar-refractivity contribution >= 4 is 15.9 Å². The number of nitrogens with two attached hydrogens (primary N) is 1. The van der Waals surface area contributed by atoms with Crippen LogP contribution in [-0.4, -0.2) is 15.3 Å². The van der Waals surface area contributed by atoms with Crippen LogP contribution in [0.15, 0.2) is 10.7 Å². The second kappa shape index (κ2) is 3.79.